The Bertz CT molecular complexity index is 898. The third-order valence-corrected chi connectivity index (χ3v) is 6.39. The van der Waals surface area contributed by atoms with Crippen molar-refractivity contribution >= 4 is 40.9 Å². The lowest BCUT2D eigenvalue weighted by atomic mass is 10.2. The molecule has 2 aromatic rings. The van der Waals surface area contributed by atoms with Crippen molar-refractivity contribution in [2.75, 3.05) is 16.4 Å². The Labute approximate surface area is 160 Å². The van der Waals surface area contributed by atoms with Crippen molar-refractivity contribution in [2.45, 2.75) is 30.7 Å². The number of hydrogen-bond donors (Lipinski definition) is 2. The average molecular weight is 385 g/mol. The number of carbonyl (C=O) groups excluding carboxylic acids is 3. The first-order valence-corrected chi connectivity index (χ1v) is 9.67. The van der Waals surface area contributed by atoms with Gasteiger partial charge in [-0.2, -0.15) is 0 Å². The van der Waals surface area contributed by atoms with Crippen LogP contribution in [0, 0.1) is 0 Å². The minimum Gasteiger partial charge on any atom is -0.459 e. The van der Waals surface area contributed by atoms with E-state index < -0.39 is 6.04 Å². The molecule has 3 amide bonds. The van der Waals surface area contributed by atoms with Gasteiger partial charge in [0.1, 0.15) is 6.04 Å². The molecule has 1 aromatic heterocycles. The van der Waals surface area contributed by atoms with E-state index in [0.29, 0.717) is 23.5 Å². The molecule has 2 aliphatic rings. The molecule has 4 rings (SSSR count). The first-order chi connectivity index (χ1) is 13.0. The highest BCUT2D eigenvalue weighted by molar-refractivity contribution is 8.01. The van der Waals surface area contributed by atoms with E-state index in [1.54, 1.807) is 53.1 Å². The predicted octanol–water partition coefficient (Wildman–Crippen LogP) is 2.92. The van der Waals surface area contributed by atoms with Crippen LogP contribution in [0.3, 0.4) is 0 Å². The topological polar surface area (TPSA) is 91.7 Å². The van der Waals surface area contributed by atoms with Gasteiger partial charge in [0.05, 0.1) is 11.1 Å². The first-order valence-electron chi connectivity index (χ1n) is 8.68. The normalized spacial score (nSPS) is 24.0. The number of furan rings is 1. The van der Waals surface area contributed by atoms with Crippen LogP contribution in [-0.4, -0.2) is 39.3 Å². The molecule has 0 aliphatic carbocycles. The van der Waals surface area contributed by atoms with Crippen LogP contribution in [0.4, 0.5) is 11.4 Å². The zero-order valence-electron chi connectivity index (χ0n) is 14.7. The predicted molar refractivity (Wildman–Crippen MR) is 102 cm³/mol. The molecular formula is C19H19N3O4S. The number of benzene rings is 1. The van der Waals surface area contributed by atoms with E-state index in [1.165, 1.54) is 6.26 Å². The summed E-state index contributed by atoms with van der Waals surface area (Å²) in [6.07, 6.45) is 2.69. The molecule has 7 nitrogen and oxygen atoms in total. The summed E-state index contributed by atoms with van der Waals surface area (Å²) in [6, 6.07) is 9.61. The fourth-order valence-corrected chi connectivity index (χ4v) is 4.95. The van der Waals surface area contributed by atoms with Gasteiger partial charge >= 0.3 is 0 Å². The van der Waals surface area contributed by atoms with Crippen molar-refractivity contribution in [3.63, 3.8) is 0 Å². The number of carbonyl (C=O) groups is 3. The zero-order chi connectivity index (χ0) is 19.0. The number of amides is 3. The molecule has 0 bridgehead atoms. The van der Waals surface area contributed by atoms with E-state index in [-0.39, 0.29) is 28.4 Å². The fourth-order valence-electron chi connectivity index (χ4n) is 3.52. The molecule has 0 radical (unpaired) electrons. The van der Waals surface area contributed by atoms with Crippen LogP contribution in [0.1, 0.15) is 30.3 Å². The summed E-state index contributed by atoms with van der Waals surface area (Å²) in [7, 11) is 0. The van der Waals surface area contributed by atoms with Gasteiger partial charge in [-0.05, 0) is 43.7 Å². The van der Waals surface area contributed by atoms with Crippen molar-refractivity contribution in [1.29, 1.82) is 0 Å². The lowest BCUT2D eigenvalue weighted by molar-refractivity contribution is -0.135. The SMILES string of the molecule is C[C@]12CCC(=O)N1[C@H](C(=O)Nc1cccc(NC(=O)c3ccco3)c1)CS2. The molecular weight excluding hydrogens is 366 g/mol. The number of thioether (sulfide) groups is 1. The van der Waals surface area contributed by atoms with Crippen LogP contribution < -0.4 is 10.6 Å². The summed E-state index contributed by atoms with van der Waals surface area (Å²) in [4.78, 5) is 38.5. The number of nitrogens with one attached hydrogen (secondary N) is 2. The van der Waals surface area contributed by atoms with E-state index >= 15 is 0 Å². The van der Waals surface area contributed by atoms with Crippen molar-refractivity contribution in [2.24, 2.45) is 0 Å². The van der Waals surface area contributed by atoms with E-state index in [4.69, 9.17) is 4.42 Å². The average Bonchev–Trinajstić information content (AvgIpc) is 3.33. The summed E-state index contributed by atoms with van der Waals surface area (Å²) >= 11 is 1.65. The Morgan fingerprint density at radius 3 is 2.74 bits per heavy atom. The van der Waals surface area contributed by atoms with Gasteiger partial charge in [-0.25, -0.2) is 0 Å². The van der Waals surface area contributed by atoms with Crippen LogP contribution in [-0.2, 0) is 9.59 Å². The first kappa shape index (κ1) is 17.7. The summed E-state index contributed by atoms with van der Waals surface area (Å²) in [5, 5.41) is 5.59. The summed E-state index contributed by atoms with van der Waals surface area (Å²) in [5.41, 5.74) is 1.10. The Kier molecular flexibility index (Phi) is 4.43. The molecule has 2 atom stereocenters. The number of hydrogen-bond acceptors (Lipinski definition) is 5. The Balaban J connectivity index is 1.45. The summed E-state index contributed by atoms with van der Waals surface area (Å²) in [5.74, 6) is 0.245. The number of anilines is 2. The summed E-state index contributed by atoms with van der Waals surface area (Å²) < 4.78 is 5.07. The molecule has 140 valence electrons. The van der Waals surface area contributed by atoms with Gasteiger partial charge in [0, 0.05) is 23.5 Å². The van der Waals surface area contributed by atoms with Crippen molar-refractivity contribution in [3.05, 3.63) is 48.4 Å². The molecule has 8 heteroatoms. The molecule has 2 aliphatic heterocycles. The maximum Gasteiger partial charge on any atom is 0.291 e. The molecule has 27 heavy (non-hydrogen) atoms. The number of nitrogens with zero attached hydrogens (tertiary/aromatic N) is 1. The second-order valence-corrected chi connectivity index (χ2v) is 8.27. The van der Waals surface area contributed by atoms with Gasteiger partial charge in [-0.15, -0.1) is 11.8 Å². The van der Waals surface area contributed by atoms with E-state index in [9.17, 15) is 14.4 Å². The largest absolute Gasteiger partial charge is 0.459 e. The smallest absolute Gasteiger partial charge is 0.291 e. The Morgan fingerprint density at radius 2 is 2.00 bits per heavy atom. The number of rotatable bonds is 4. The lowest BCUT2D eigenvalue weighted by Gasteiger charge is -2.29. The third-order valence-electron chi connectivity index (χ3n) is 4.88. The maximum atomic E-state index is 12.7. The van der Waals surface area contributed by atoms with Crippen LogP contribution in [0.5, 0.6) is 0 Å². The van der Waals surface area contributed by atoms with E-state index in [2.05, 4.69) is 10.6 Å². The van der Waals surface area contributed by atoms with E-state index in [1.807, 2.05) is 6.92 Å². The van der Waals surface area contributed by atoms with Crippen molar-refractivity contribution < 1.29 is 18.8 Å². The fraction of sp³-hybridized carbons (Fsp3) is 0.316. The van der Waals surface area contributed by atoms with Crippen LogP contribution in [0.2, 0.25) is 0 Å². The molecule has 2 fully saturated rings. The van der Waals surface area contributed by atoms with Crippen LogP contribution in [0.15, 0.2) is 47.1 Å². The van der Waals surface area contributed by atoms with Gasteiger partial charge < -0.3 is 20.0 Å². The molecule has 0 unspecified atom stereocenters. The Morgan fingerprint density at radius 1 is 1.22 bits per heavy atom. The van der Waals surface area contributed by atoms with Crippen LogP contribution in [0.25, 0.3) is 0 Å². The highest BCUT2D eigenvalue weighted by Gasteiger charge is 2.52. The second-order valence-electron chi connectivity index (χ2n) is 6.77. The lowest BCUT2D eigenvalue weighted by Crippen LogP contribution is -2.48. The quantitative estimate of drug-likeness (QED) is 0.844. The van der Waals surface area contributed by atoms with E-state index in [0.717, 1.165) is 6.42 Å². The third kappa shape index (κ3) is 3.32. The molecule has 1 aromatic carbocycles. The zero-order valence-corrected chi connectivity index (χ0v) is 15.5. The van der Waals surface area contributed by atoms with Gasteiger partial charge in [0.25, 0.3) is 5.91 Å². The highest BCUT2D eigenvalue weighted by atomic mass is 32.2. The molecule has 2 saturated heterocycles. The number of fused-ring (bicyclic) bond motifs is 1. The second kappa shape index (κ2) is 6.77. The molecule has 2 N–H and O–H groups in total. The van der Waals surface area contributed by atoms with Crippen molar-refractivity contribution in [3.8, 4) is 0 Å². The molecule has 0 saturated carbocycles. The standard InChI is InChI=1S/C19H19N3O4S/c1-19-8-7-16(23)22(19)14(11-27-19)17(24)20-12-4-2-5-13(10-12)21-18(25)15-6-3-9-26-15/h2-6,9-10,14H,7-8,11H2,1H3,(H,20,24)(H,21,25)/t14-,19-/m0/s1. The van der Waals surface area contributed by atoms with Crippen molar-refractivity contribution in [1.82, 2.24) is 4.90 Å². The van der Waals surface area contributed by atoms with Gasteiger partial charge in [-0.3, -0.25) is 14.4 Å². The Hall–Kier alpha value is -2.74. The van der Waals surface area contributed by atoms with Gasteiger partial charge in [0.2, 0.25) is 11.8 Å². The molecule has 0 spiro atoms. The monoisotopic (exact) mass is 385 g/mol. The minimum atomic E-state index is -0.476. The minimum absolute atomic E-state index is 0.0297. The van der Waals surface area contributed by atoms with Gasteiger partial charge in [0.15, 0.2) is 5.76 Å². The highest BCUT2D eigenvalue weighted by Crippen LogP contribution is 2.47. The van der Waals surface area contributed by atoms with Gasteiger partial charge in [-0.1, -0.05) is 6.07 Å². The maximum absolute atomic E-state index is 12.7. The van der Waals surface area contributed by atoms with Crippen LogP contribution >= 0.6 is 11.8 Å². The summed E-state index contributed by atoms with van der Waals surface area (Å²) in [6.45, 7) is 2.01. The molecule has 3 heterocycles.